The summed E-state index contributed by atoms with van der Waals surface area (Å²) in [5.41, 5.74) is 3.08. The molecule has 1 aromatic carbocycles. The number of benzene rings is 1. The molecule has 1 atom stereocenters. The van der Waals surface area contributed by atoms with E-state index in [4.69, 9.17) is 0 Å². The molecule has 92 valence electrons. The maximum atomic E-state index is 3.87. The Morgan fingerprint density at radius 3 is 2.71 bits per heavy atom. The van der Waals surface area contributed by atoms with E-state index in [0.29, 0.717) is 6.04 Å². The second-order valence-electron chi connectivity index (χ2n) is 5.47. The number of aryl methyl sites for hydroxylation is 1. The van der Waals surface area contributed by atoms with E-state index in [-0.39, 0.29) is 0 Å². The summed E-state index contributed by atoms with van der Waals surface area (Å²) >= 11 is 3.69. The van der Waals surface area contributed by atoms with E-state index in [1.54, 1.807) is 5.56 Å². The third kappa shape index (κ3) is 2.58. The van der Waals surface area contributed by atoms with E-state index in [9.17, 15) is 0 Å². The zero-order valence-electron chi connectivity index (χ0n) is 10.2. The van der Waals surface area contributed by atoms with Crippen LogP contribution < -0.4 is 5.32 Å². The van der Waals surface area contributed by atoms with Gasteiger partial charge in [-0.25, -0.2) is 0 Å². The minimum atomic E-state index is 0.698. The summed E-state index contributed by atoms with van der Waals surface area (Å²) < 4.78 is 1.30. The van der Waals surface area contributed by atoms with Crippen molar-refractivity contribution < 1.29 is 0 Å². The van der Waals surface area contributed by atoms with Crippen molar-refractivity contribution in [1.29, 1.82) is 0 Å². The van der Waals surface area contributed by atoms with Crippen molar-refractivity contribution in [1.82, 2.24) is 5.32 Å². The highest BCUT2D eigenvalue weighted by molar-refractivity contribution is 9.10. The summed E-state index contributed by atoms with van der Waals surface area (Å²) in [7, 11) is 0. The largest absolute Gasteiger partial charge is 0.311 e. The normalized spacial score (nSPS) is 24.9. The molecule has 0 heterocycles. The Balaban J connectivity index is 1.69. The van der Waals surface area contributed by atoms with Gasteiger partial charge in [-0.15, -0.1) is 0 Å². The molecule has 1 nitrogen and oxygen atoms in total. The van der Waals surface area contributed by atoms with Crippen LogP contribution in [0.4, 0.5) is 0 Å². The highest BCUT2D eigenvalue weighted by atomic mass is 79.9. The van der Waals surface area contributed by atoms with Gasteiger partial charge in [0.2, 0.25) is 0 Å². The van der Waals surface area contributed by atoms with Gasteiger partial charge in [0.05, 0.1) is 0 Å². The number of hydrogen-bond donors (Lipinski definition) is 1. The monoisotopic (exact) mass is 293 g/mol. The lowest BCUT2D eigenvalue weighted by atomic mass is 9.88. The Kier molecular flexibility index (Phi) is 3.53. The van der Waals surface area contributed by atoms with Gasteiger partial charge >= 0.3 is 0 Å². The maximum Gasteiger partial charge on any atom is 0.0210 e. The molecule has 3 rings (SSSR count). The van der Waals surface area contributed by atoms with Gasteiger partial charge in [0.1, 0.15) is 0 Å². The third-order valence-electron chi connectivity index (χ3n) is 4.26. The second kappa shape index (κ2) is 5.11. The molecule has 2 aliphatic rings. The van der Waals surface area contributed by atoms with Gasteiger partial charge < -0.3 is 5.32 Å². The highest BCUT2D eigenvalue weighted by Crippen LogP contribution is 2.29. The van der Waals surface area contributed by atoms with Crippen molar-refractivity contribution in [2.45, 2.75) is 57.0 Å². The minimum Gasteiger partial charge on any atom is -0.311 e. The molecular weight excluding hydrogens is 274 g/mol. The lowest BCUT2D eigenvalue weighted by Gasteiger charge is -2.29. The fourth-order valence-corrected chi connectivity index (χ4v) is 3.88. The van der Waals surface area contributed by atoms with Crippen LogP contribution in [-0.2, 0) is 12.8 Å². The molecule has 1 aromatic rings. The van der Waals surface area contributed by atoms with Gasteiger partial charge in [-0.2, -0.15) is 0 Å². The molecule has 2 heteroatoms. The highest BCUT2D eigenvalue weighted by Gasteiger charge is 2.23. The first-order valence-corrected chi connectivity index (χ1v) is 7.64. The Morgan fingerprint density at radius 2 is 1.88 bits per heavy atom. The molecule has 0 aromatic heterocycles. The first-order valence-electron chi connectivity index (χ1n) is 6.85. The van der Waals surface area contributed by atoms with E-state index >= 15 is 0 Å². The van der Waals surface area contributed by atoms with E-state index in [2.05, 4.69) is 39.4 Å². The number of hydrogen-bond acceptors (Lipinski definition) is 1. The molecule has 0 spiro atoms. The molecule has 2 aliphatic carbocycles. The standard InChI is InChI=1S/C15H20BrN/c16-15-7-3-4-11-8-9-13(10-14(11)15)17-12-5-1-2-6-12/h3-4,7,12-13,17H,1-2,5-6,8-10H2. The van der Waals surface area contributed by atoms with Crippen LogP contribution >= 0.6 is 15.9 Å². The number of fused-ring (bicyclic) bond motifs is 1. The third-order valence-corrected chi connectivity index (χ3v) is 5.00. The van der Waals surface area contributed by atoms with E-state index in [0.717, 1.165) is 6.04 Å². The summed E-state index contributed by atoms with van der Waals surface area (Å²) in [6, 6.07) is 8.12. The number of rotatable bonds is 2. The van der Waals surface area contributed by atoms with Crippen LogP contribution in [0.25, 0.3) is 0 Å². The van der Waals surface area contributed by atoms with Gasteiger partial charge in [0.15, 0.2) is 0 Å². The van der Waals surface area contributed by atoms with E-state index in [1.807, 2.05) is 0 Å². The molecule has 1 unspecified atom stereocenters. The van der Waals surface area contributed by atoms with E-state index in [1.165, 1.54) is 55.0 Å². The van der Waals surface area contributed by atoms with Crippen LogP contribution in [0.2, 0.25) is 0 Å². The lowest BCUT2D eigenvalue weighted by Crippen LogP contribution is -2.40. The van der Waals surface area contributed by atoms with Gasteiger partial charge in [-0.05, 0) is 49.3 Å². The molecule has 17 heavy (non-hydrogen) atoms. The average molecular weight is 294 g/mol. The Morgan fingerprint density at radius 1 is 1.06 bits per heavy atom. The topological polar surface area (TPSA) is 12.0 Å². The summed E-state index contributed by atoms with van der Waals surface area (Å²) in [6.07, 6.45) is 9.36. The molecule has 0 amide bonds. The first-order chi connectivity index (χ1) is 8.33. The fourth-order valence-electron chi connectivity index (χ4n) is 3.31. The van der Waals surface area contributed by atoms with Gasteiger partial charge in [-0.1, -0.05) is 40.9 Å². The SMILES string of the molecule is Brc1cccc2c1CC(NC1CCCC1)CC2. The van der Waals surface area contributed by atoms with Crippen LogP contribution in [0.1, 0.15) is 43.2 Å². The molecule has 0 bridgehead atoms. The predicted molar refractivity (Wildman–Crippen MR) is 75.3 cm³/mol. The number of nitrogens with one attached hydrogen (secondary N) is 1. The Labute approximate surface area is 112 Å². The van der Waals surface area contributed by atoms with Crippen LogP contribution in [0.3, 0.4) is 0 Å². The van der Waals surface area contributed by atoms with Crippen LogP contribution in [0.5, 0.6) is 0 Å². The van der Waals surface area contributed by atoms with Gasteiger partial charge in [0, 0.05) is 16.6 Å². The number of halogens is 1. The van der Waals surface area contributed by atoms with Gasteiger partial charge in [-0.3, -0.25) is 0 Å². The first kappa shape index (κ1) is 11.7. The van der Waals surface area contributed by atoms with E-state index < -0.39 is 0 Å². The summed E-state index contributed by atoms with van der Waals surface area (Å²) in [5, 5.41) is 3.87. The van der Waals surface area contributed by atoms with Crippen molar-refractivity contribution >= 4 is 15.9 Å². The quantitative estimate of drug-likeness (QED) is 0.874. The van der Waals surface area contributed by atoms with Crippen molar-refractivity contribution in [2.75, 3.05) is 0 Å². The molecule has 1 N–H and O–H groups in total. The lowest BCUT2D eigenvalue weighted by molar-refractivity contribution is 0.395. The maximum absolute atomic E-state index is 3.87. The van der Waals surface area contributed by atoms with Crippen molar-refractivity contribution in [3.05, 3.63) is 33.8 Å². The summed E-state index contributed by atoms with van der Waals surface area (Å²) in [5.74, 6) is 0. The molecule has 1 saturated carbocycles. The summed E-state index contributed by atoms with van der Waals surface area (Å²) in [4.78, 5) is 0. The van der Waals surface area contributed by atoms with Crippen molar-refractivity contribution in [3.8, 4) is 0 Å². The van der Waals surface area contributed by atoms with Gasteiger partial charge in [0.25, 0.3) is 0 Å². The Bertz CT molecular complexity index is 396. The predicted octanol–water partition coefficient (Wildman–Crippen LogP) is 3.84. The summed E-state index contributed by atoms with van der Waals surface area (Å²) in [6.45, 7) is 0. The molecule has 1 fully saturated rings. The van der Waals surface area contributed by atoms with Crippen molar-refractivity contribution in [3.63, 3.8) is 0 Å². The minimum absolute atomic E-state index is 0.698. The molecule has 0 saturated heterocycles. The van der Waals surface area contributed by atoms with Crippen LogP contribution in [-0.4, -0.2) is 12.1 Å². The zero-order valence-corrected chi connectivity index (χ0v) is 11.8. The van der Waals surface area contributed by atoms with Crippen LogP contribution in [0, 0.1) is 0 Å². The second-order valence-corrected chi connectivity index (χ2v) is 6.32. The average Bonchev–Trinajstić information content (AvgIpc) is 2.83. The molecule has 0 aliphatic heterocycles. The fraction of sp³-hybridized carbons (Fsp3) is 0.600. The van der Waals surface area contributed by atoms with Crippen molar-refractivity contribution in [2.24, 2.45) is 0 Å². The zero-order chi connectivity index (χ0) is 11.7. The Hall–Kier alpha value is -0.340. The van der Waals surface area contributed by atoms with Crippen LogP contribution in [0.15, 0.2) is 22.7 Å². The molecule has 0 radical (unpaired) electrons. The molecular formula is C15H20BrN. The smallest absolute Gasteiger partial charge is 0.0210 e.